The molecule has 3 nitrogen and oxygen atoms in total. The van der Waals surface area contributed by atoms with Crippen LogP contribution in [0.4, 0.5) is 5.82 Å². The third-order valence-corrected chi connectivity index (χ3v) is 3.83. The first kappa shape index (κ1) is 13.3. The van der Waals surface area contributed by atoms with Crippen LogP contribution in [0.1, 0.15) is 44.9 Å². The van der Waals surface area contributed by atoms with Crippen molar-refractivity contribution in [2.45, 2.75) is 52.7 Å². The highest BCUT2D eigenvalue weighted by Gasteiger charge is 2.28. The van der Waals surface area contributed by atoms with Gasteiger partial charge in [0.15, 0.2) is 0 Å². The van der Waals surface area contributed by atoms with Gasteiger partial charge >= 0.3 is 0 Å². The van der Waals surface area contributed by atoms with Gasteiger partial charge in [-0.25, -0.2) is 4.98 Å². The van der Waals surface area contributed by atoms with Gasteiger partial charge in [-0.05, 0) is 42.9 Å². The van der Waals surface area contributed by atoms with Crippen molar-refractivity contribution in [2.75, 3.05) is 11.4 Å². The molecule has 18 heavy (non-hydrogen) atoms. The lowest BCUT2D eigenvalue weighted by Gasteiger charge is -2.29. The van der Waals surface area contributed by atoms with E-state index in [1.807, 2.05) is 12.1 Å². The lowest BCUT2D eigenvalue weighted by Crippen LogP contribution is -2.34. The second-order valence-corrected chi connectivity index (χ2v) is 5.48. The quantitative estimate of drug-likeness (QED) is 0.890. The first-order valence-electron chi connectivity index (χ1n) is 7.03. The summed E-state index contributed by atoms with van der Waals surface area (Å²) in [4.78, 5) is 7.15. The van der Waals surface area contributed by atoms with Crippen LogP contribution in [0.25, 0.3) is 0 Å². The smallest absolute Gasteiger partial charge is 0.129 e. The van der Waals surface area contributed by atoms with Crippen molar-refractivity contribution in [1.82, 2.24) is 4.98 Å². The van der Waals surface area contributed by atoms with Gasteiger partial charge in [0.05, 0.1) is 6.61 Å². The molecule has 1 fully saturated rings. The van der Waals surface area contributed by atoms with Gasteiger partial charge in [-0.2, -0.15) is 0 Å². The average molecular weight is 248 g/mol. The lowest BCUT2D eigenvalue weighted by molar-refractivity contribution is 0.281. The molecule has 0 aromatic carbocycles. The average Bonchev–Trinajstić information content (AvgIpc) is 2.87. The fraction of sp³-hybridized carbons (Fsp3) is 0.667. The molecule has 2 heterocycles. The number of aromatic nitrogens is 1. The predicted molar refractivity (Wildman–Crippen MR) is 74.7 cm³/mol. The second-order valence-electron chi connectivity index (χ2n) is 5.48. The maximum Gasteiger partial charge on any atom is 0.129 e. The van der Waals surface area contributed by atoms with E-state index in [9.17, 15) is 5.11 Å². The standard InChI is InChI=1S/C15H24N2O/c1-4-13-8-12(10-18)9-15(16-13)17-7-5-6-14(17)11(2)3/h8-9,11,14,18H,4-7,10H2,1-3H3. The Labute approximate surface area is 110 Å². The monoisotopic (exact) mass is 248 g/mol. The Hall–Kier alpha value is -1.09. The fourth-order valence-electron chi connectivity index (χ4n) is 2.82. The summed E-state index contributed by atoms with van der Waals surface area (Å²) in [5, 5.41) is 9.35. The third kappa shape index (κ3) is 2.66. The highest BCUT2D eigenvalue weighted by Crippen LogP contribution is 2.29. The molecule has 100 valence electrons. The minimum atomic E-state index is 0.0999. The van der Waals surface area contributed by atoms with Crippen LogP contribution in [0.15, 0.2) is 12.1 Å². The summed E-state index contributed by atoms with van der Waals surface area (Å²) in [5.41, 5.74) is 2.05. The highest BCUT2D eigenvalue weighted by atomic mass is 16.3. The number of aliphatic hydroxyl groups excluding tert-OH is 1. The Balaban J connectivity index is 2.31. The molecule has 1 aromatic heterocycles. The van der Waals surface area contributed by atoms with E-state index in [2.05, 4.69) is 25.7 Å². The van der Waals surface area contributed by atoms with Gasteiger partial charge in [0.2, 0.25) is 0 Å². The topological polar surface area (TPSA) is 36.4 Å². The molecule has 1 atom stereocenters. The van der Waals surface area contributed by atoms with Crippen LogP contribution in [0, 0.1) is 5.92 Å². The maximum atomic E-state index is 9.35. The Morgan fingerprint density at radius 3 is 2.83 bits per heavy atom. The third-order valence-electron chi connectivity index (χ3n) is 3.83. The van der Waals surface area contributed by atoms with Crippen LogP contribution < -0.4 is 4.90 Å². The molecule has 0 radical (unpaired) electrons. The van der Waals surface area contributed by atoms with E-state index >= 15 is 0 Å². The number of aliphatic hydroxyl groups is 1. The van der Waals surface area contributed by atoms with Crippen LogP contribution in [0.2, 0.25) is 0 Å². The number of aryl methyl sites for hydroxylation is 1. The van der Waals surface area contributed by atoms with E-state index in [0.29, 0.717) is 12.0 Å². The molecule has 0 spiro atoms. The van der Waals surface area contributed by atoms with Crippen molar-refractivity contribution in [3.63, 3.8) is 0 Å². The SMILES string of the molecule is CCc1cc(CO)cc(N2CCCC2C(C)C)n1. The van der Waals surface area contributed by atoms with Gasteiger partial charge in [0, 0.05) is 18.3 Å². The maximum absolute atomic E-state index is 9.35. The number of hydrogen-bond donors (Lipinski definition) is 1. The Bertz CT molecular complexity index is 381. The van der Waals surface area contributed by atoms with Crippen molar-refractivity contribution in [3.05, 3.63) is 23.4 Å². The molecule has 1 unspecified atom stereocenters. The Kier molecular flexibility index (Phi) is 4.23. The summed E-state index contributed by atoms with van der Waals surface area (Å²) >= 11 is 0. The molecule has 0 saturated carbocycles. The highest BCUT2D eigenvalue weighted by molar-refractivity contribution is 5.45. The first-order valence-corrected chi connectivity index (χ1v) is 7.03. The van der Waals surface area contributed by atoms with Crippen molar-refractivity contribution in [3.8, 4) is 0 Å². The molecular weight excluding hydrogens is 224 g/mol. The van der Waals surface area contributed by atoms with Crippen molar-refractivity contribution < 1.29 is 5.11 Å². The van der Waals surface area contributed by atoms with Crippen LogP contribution in [-0.4, -0.2) is 22.7 Å². The fourth-order valence-corrected chi connectivity index (χ4v) is 2.82. The number of pyridine rings is 1. The van der Waals surface area contributed by atoms with E-state index in [1.54, 1.807) is 0 Å². The number of rotatable bonds is 4. The minimum Gasteiger partial charge on any atom is -0.392 e. The van der Waals surface area contributed by atoms with Gasteiger partial charge in [-0.3, -0.25) is 0 Å². The molecular formula is C15H24N2O. The van der Waals surface area contributed by atoms with E-state index < -0.39 is 0 Å². The molecule has 1 N–H and O–H groups in total. The number of anilines is 1. The molecule has 1 saturated heterocycles. The molecule has 1 aromatic rings. The summed E-state index contributed by atoms with van der Waals surface area (Å²) in [6.45, 7) is 7.85. The second kappa shape index (κ2) is 5.70. The lowest BCUT2D eigenvalue weighted by atomic mass is 10.0. The molecule has 0 aliphatic carbocycles. The van der Waals surface area contributed by atoms with Gasteiger partial charge in [-0.15, -0.1) is 0 Å². The zero-order valence-electron chi connectivity index (χ0n) is 11.7. The number of hydrogen-bond acceptors (Lipinski definition) is 3. The summed E-state index contributed by atoms with van der Waals surface area (Å²) < 4.78 is 0. The van der Waals surface area contributed by atoms with E-state index in [4.69, 9.17) is 4.98 Å². The van der Waals surface area contributed by atoms with Crippen molar-refractivity contribution in [1.29, 1.82) is 0 Å². The molecule has 2 rings (SSSR count). The van der Waals surface area contributed by atoms with Crippen LogP contribution in [-0.2, 0) is 13.0 Å². The molecule has 1 aliphatic heterocycles. The summed E-state index contributed by atoms with van der Waals surface area (Å²) in [6.07, 6.45) is 3.42. The summed E-state index contributed by atoms with van der Waals surface area (Å²) in [6, 6.07) is 4.64. The Morgan fingerprint density at radius 1 is 1.44 bits per heavy atom. The first-order chi connectivity index (χ1) is 8.65. The van der Waals surface area contributed by atoms with Gasteiger partial charge < -0.3 is 10.0 Å². The molecule has 1 aliphatic rings. The zero-order chi connectivity index (χ0) is 13.1. The molecule has 0 amide bonds. The Morgan fingerprint density at radius 2 is 2.22 bits per heavy atom. The summed E-state index contributed by atoms with van der Waals surface area (Å²) in [7, 11) is 0. The summed E-state index contributed by atoms with van der Waals surface area (Å²) in [5.74, 6) is 1.70. The zero-order valence-corrected chi connectivity index (χ0v) is 11.7. The van der Waals surface area contributed by atoms with Crippen molar-refractivity contribution >= 4 is 5.82 Å². The van der Waals surface area contributed by atoms with Crippen LogP contribution >= 0.6 is 0 Å². The molecule has 0 bridgehead atoms. The van der Waals surface area contributed by atoms with Crippen molar-refractivity contribution in [2.24, 2.45) is 5.92 Å². The largest absolute Gasteiger partial charge is 0.392 e. The van der Waals surface area contributed by atoms with E-state index in [-0.39, 0.29) is 6.61 Å². The van der Waals surface area contributed by atoms with Crippen LogP contribution in [0.3, 0.4) is 0 Å². The van der Waals surface area contributed by atoms with Crippen LogP contribution in [0.5, 0.6) is 0 Å². The predicted octanol–water partition coefficient (Wildman–Crippen LogP) is 2.76. The van der Waals surface area contributed by atoms with E-state index in [0.717, 1.165) is 30.0 Å². The van der Waals surface area contributed by atoms with E-state index in [1.165, 1.54) is 12.8 Å². The van der Waals surface area contributed by atoms with Gasteiger partial charge in [-0.1, -0.05) is 20.8 Å². The normalized spacial score (nSPS) is 19.8. The van der Waals surface area contributed by atoms with Gasteiger partial charge in [0.25, 0.3) is 0 Å². The van der Waals surface area contributed by atoms with Gasteiger partial charge in [0.1, 0.15) is 5.82 Å². The minimum absolute atomic E-state index is 0.0999. The molecule has 3 heteroatoms. The number of nitrogens with zero attached hydrogens (tertiary/aromatic N) is 2.